The normalized spacial score (nSPS) is 11.9. The summed E-state index contributed by atoms with van der Waals surface area (Å²) < 4.78 is 0. The first-order chi connectivity index (χ1) is 4.84. The van der Waals surface area contributed by atoms with Crippen molar-refractivity contribution in [3.8, 4) is 0 Å². The lowest BCUT2D eigenvalue weighted by atomic mass is 10.2. The highest BCUT2D eigenvalue weighted by atomic mass is 14.5. The van der Waals surface area contributed by atoms with Gasteiger partial charge in [-0.05, 0) is 10.4 Å². The predicted octanol–water partition coefficient (Wildman–Crippen LogP) is -0.164. The molecule has 0 unspecified atom stereocenters. The first-order valence-corrected chi connectivity index (χ1v) is 3.29. The molecule has 0 aliphatic rings. The zero-order chi connectivity index (χ0) is 7.40. The molecule has 0 aliphatic heterocycles. The molecule has 0 amide bonds. The first-order valence-electron chi connectivity index (χ1n) is 3.29. The molecule has 0 spiro atoms. The summed E-state index contributed by atoms with van der Waals surface area (Å²) in [4.78, 5) is 0. The lowest BCUT2D eigenvalue weighted by Gasteiger charge is -1.85. The molecule has 1 aromatic carbocycles. The lowest BCUT2D eigenvalue weighted by Crippen LogP contribution is -2.23. The summed E-state index contributed by atoms with van der Waals surface area (Å²) in [5.74, 6) is 0. The molecular formula is C9H11N. The minimum Gasteiger partial charge on any atom is -0.327 e. The van der Waals surface area contributed by atoms with Crippen molar-refractivity contribution in [2.75, 3.05) is 6.54 Å². The quantitative estimate of drug-likeness (QED) is 0.566. The van der Waals surface area contributed by atoms with Crippen LogP contribution in [0.15, 0.2) is 24.3 Å². The van der Waals surface area contributed by atoms with E-state index >= 15 is 0 Å². The number of nitrogens with two attached hydrogens (primary N) is 1. The van der Waals surface area contributed by atoms with E-state index in [2.05, 4.69) is 6.58 Å². The third kappa shape index (κ3) is 1.45. The van der Waals surface area contributed by atoms with Crippen LogP contribution >= 0.6 is 0 Å². The molecule has 0 radical (unpaired) electrons. The van der Waals surface area contributed by atoms with E-state index in [1.54, 1.807) is 0 Å². The second kappa shape index (κ2) is 3.18. The summed E-state index contributed by atoms with van der Waals surface area (Å²) in [6, 6.07) is 7.93. The second-order valence-corrected chi connectivity index (χ2v) is 2.14. The van der Waals surface area contributed by atoms with Crippen molar-refractivity contribution < 1.29 is 0 Å². The minimum atomic E-state index is 0.576. The van der Waals surface area contributed by atoms with Crippen molar-refractivity contribution in [1.29, 1.82) is 0 Å². The first kappa shape index (κ1) is 7.03. The molecule has 0 heterocycles. The van der Waals surface area contributed by atoms with E-state index in [9.17, 15) is 0 Å². The average molecular weight is 133 g/mol. The van der Waals surface area contributed by atoms with Gasteiger partial charge < -0.3 is 5.73 Å². The Morgan fingerprint density at radius 1 is 1.40 bits per heavy atom. The van der Waals surface area contributed by atoms with E-state index in [1.807, 2.05) is 30.3 Å². The van der Waals surface area contributed by atoms with Gasteiger partial charge in [0.05, 0.1) is 0 Å². The van der Waals surface area contributed by atoms with Gasteiger partial charge in [0.15, 0.2) is 0 Å². The van der Waals surface area contributed by atoms with Crippen molar-refractivity contribution in [3.63, 3.8) is 0 Å². The number of benzene rings is 1. The van der Waals surface area contributed by atoms with E-state index < -0.39 is 0 Å². The molecule has 0 aliphatic carbocycles. The molecule has 52 valence electrons. The Kier molecular flexibility index (Phi) is 2.24. The number of hydrogen-bond donors (Lipinski definition) is 1. The highest BCUT2D eigenvalue weighted by Crippen LogP contribution is 1.68. The van der Waals surface area contributed by atoms with E-state index in [-0.39, 0.29) is 0 Å². The standard InChI is InChI=1S/C9H11N/c1-8-4-2-3-5-9(8)6-7-10/h2-6H,1,7,10H2. The summed E-state index contributed by atoms with van der Waals surface area (Å²) in [7, 11) is 0. The highest BCUT2D eigenvalue weighted by Gasteiger charge is 1.76. The molecule has 0 aromatic heterocycles. The molecule has 2 N–H and O–H groups in total. The van der Waals surface area contributed by atoms with Gasteiger partial charge in [-0.15, -0.1) is 0 Å². The van der Waals surface area contributed by atoms with Crippen LogP contribution in [0.25, 0.3) is 12.7 Å². The fraction of sp³-hybridized carbons (Fsp3) is 0.111. The Balaban J connectivity index is 3.29. The van der Waals surface area contributed by atoms with Crippen LogP contribution in [-0.4, -0.2) is 6.54 Å². The Morgan fingerprint density at radius 3 is 2.70 bits per heavy atom. The van der Waals surface area contributed by atoms with Crippen LogP contribution in [0.2, 0.25) is 0 Å². The van der Waals surface area contributed by atoms with Gasteiger partial charge in [0.2, 0.25) is 0 Å². The molecular weight excluding hydrogens is 122 g/mol. The number of hydrogen-bond acceptors (Lipinski definition) is 1. The molecule has 0 atom stereocenters. The van der Waals surface area contributed by atoms with Crippen LogP contribution in [0.3, 0.4) is 0 Å². The molecule has 1 rings (SSSR count). The summed E-state index contributed by atoms with van der Waals surface area (Å²) in [5.41, 5.74) is 5.35. The largest absolute Gasteiger partial charge is 0.327 e. The molecule has 1 heteroatoms. The summed E-state index contributed by atoms with van der Waals surface area (Å²) in [6.07, 6.45) is 1.96. The second-order valence-electron chi connectivity index (χ2n) is 2.14. The van der Waals surface area contributed by atoms with E-state index in [0.29, 0.717) is 6.54 Å². The van der Waals surface area contributed by atoms with E-state index in [0.717, 1.165) is 10.4 Å². The Hall–Kier alpha value is -1.08. The predicted molar refractivity (Wildman–Crippen MR) is 44.7 cm³/mol. The molecule has 0 bridgehead atoms. The topological polar surface area (TPSA) is 26.0 Å². The molecule has 1 nitrogen and oxygen atoms in total. The van der Waals surface area contributed by atoms with Crippen molar-refractivity contribution in [1.82, 2.24) is 0 Å². The fourth-order valence-corrected chi connectivity index (χ4v) is 0.860. The van der Waals surface area contributed by atoms with Gasteiger partial charge in [-0.2, -0.15) is 0 Å². The molecule has 10 heavy (non-hydrogen) atoms. The van der Waals surface area contributed by atoms with Crippen LogP contribution in [-0.2, 0) is 0 Å². The van der Waals surface area contributed by atoms with Crippen molar-refractivity contribution in [2.45, 2.75) is 0 Å². The van der Waals surface area contributed by atoms with Crippen LogP contribution in [0.5, 0.6) is 0 Å². The Labute approximate surface area is 60.5 Å². The van der Waals surface area contributed by atoms with Crippen molar-refractivity contribution >= 4 is 12.7 Å². The molecule has 0 saturated heterocycles. The minimum absolute atomic E-state index is 0.576. The Bertz CT molecular complexity index is 301. The maximum Gasteiger partial charge on any atom is 0.0115 e. The van der Waals surface area contributed by atoms with Crippen molar-refractivity contribution in [3.05, 3.63) is 34.7 Å². The van der Waals surface area contributed by atoms with Crippen LogP contribution in [0, 0.1) is 0 Å². The summed E-state index contributed by atoms with van der Waals surface area (Å²) in [5, 5.41) is 2.16. The van der Waals surface area contributed by atoms with Crippen LogP contribution < -0.4 is 16.2 Å². The zero-order valence-corrected chi connectivity index (χ0v) is 5.88. The molecule has 0 fully saturated rings. The van der Waals surface area contributed by atoms with Gasteiger partial charge in [-0.25, -0.2) is 0 Å². The van der Waals surface area contributed by atoms with E-state index in [1.165, 1.54) is 0 Å². The SMILES string of the molecule is C=c1ccccc1=CCN. The maximum absolute atomic E-state index is 5.35. The average Bonchev–Trinajstić information content (AvgIpc) is 1.94. The van der Waals surface area contributed by atoms with Crippen LogP contribution in [0.1, 0.15) is 0 Å². The summed E-state index contributed by atoms with van der Waals surface area (Å²) in [6.45, 7) is 4.43. The molecule has 0 saturated carbocycles. The monoisotopic (exact) mass is 133 g/mol. The van der Waals surface area contributed by atoms with Gasteiger partial charge in [0, 0.05) is 6.54 Å². The Morgan fingerprint density at radius 2 is 2.10 bits per heavy atom. The van der Waals surface area contributed by atoms with Gasteiger partial charge >= 0.3 is 0 Å². The highest BCUT2D eigenvalue weighted by molar-refractivity contribution is 5.27. The fourth-order valence-electron chi connectivity index (χ4n) is 0.860. The third-order valence-corrected chi connectivity index (χ3v) is 1.39. The van der Waals surface area contributed by atoms with Gasteiger partial charge in [0.1, 0.15) is 0 Å². The lowest BCUT2D eigenvalue weighted by molar-refractivity contribution is 1.30. The number of rotatable bonds is 1. The smallest absolute Gasteiger partial charge is 0.0115 e. The zero-order valence-electron chi connectivity index (χ0n) is 5.88. The molecule has 1 aromatic rings. The maximum atomic E-state index is 5.35. The third-order valence-electron chi connectivity index (χ3n) is 1.39. The van der Waals surface area contributed by atoms with E-state index in [4.69, 9.17) is 5.73 Å². The van der Waals surface area contributed by atoms with Gasteiger partial charge in [-0.1, -0.05) is 36.9 Å². The van der Waals surface area contributed by atoms with Crippen molar-refractivity contribution in [2.24, 2.45) is 5.73 Å². The van der Waals surface area contributed by atoms with Gasteiger partial charge in [-0.3, -0.25) is 0 Å². The van der Waals surface area contributed by atoms with Gasteiger partial charge in [0.25, 0.3) is 0 Å². The summed E-state index contributed by atoms with van der Waals surface area (Å²) >= 11 is 0. The van der Waals surface area contributed by atoms with Crippen LogP contribution in [0.4, 0.5) is 0 Å².